The highest BCUT2D eigenvalue weighted by molar-refractivity contribution is 6.32. The van der Waals surface area contributed by atoms with Gasteiger partial charge in [-0.25, -0.2) is 0 Å². The SMILES string of the molecule is CCOc1cc(CNCC2CCCO2)cc(Cl)c1OCc1ccccc1Cl. The molecule has 0 spiro atoms. The highest BCUT2D eigenvalue weighted by Gasteiger charge is 2.16. The normalized spacial score (nSPS) is 16.5. The Morgan fingerprint density at radius 3 is 2.74 bits per heavy atom. The van der Waals surface area contributed by atoms with Gasteiger partial charge in [0.05, 0.1) is 17.7 Å². The van der Waals surface area contributed by atoms with Crippen LogP contribution in [-0.2, 0) is 17.9 Å². The van der Waals surface area contributed by atoms with Crippen molar-refractivity contribution in [3.8, 4) is 11.5 Å². The number of rotatable bonds is 9. The minimum absolute atomic E-state index is 0.310. The van der Waals surface area contributed by atoms with E-state index in [0.29, 0.717) is 47.4 Å². The van der Waals surface area contributed by atoms with Gasteiger partial charge in [0.25, 0.3) is 0 Å². The van der Waals surface area contributed by atoms with Gasteiger partial charge in [-0.05, 0) is 43.5 Å². The van der Waals surface area contributed by atoms with Crippen LogP contribution in [0.4, 0.5) is 0 Å². The Kier molecular flexibility index (Phi) is 7.65. The highest BCUT2D eigenvalue weighted by atomic mass is 35.5. The molecule has 3 rings (SSSR count). The highest BCUT2D eigenvalue weighted by Crippen LogP contribution is 2.37. The molecule has 27 heavy (non-hydrogen) atoms. The number of hydrogen-bond donors (Lipinski definition) is 1. The zero-order chi connectivity index (χ0) is 19.1. The lowest BCUT2D eigenvalue weighted by Gasteiger charge is -2.16. The summed E-state index contributed by atoms with van der Waals surface area (Å²) < 4.78 is 17.3. The summed E-state index contributed by atoms with van der Waals surface area (Å²) in [6, 6.07) is 11.5. The molecule has 1 unspecified atom stereocenters. The molecule has 1 atom stereocenters. The number of benzene rings is 2. The van der Waals surface area contributed by atoms with E-state index in [1.54, 1.807) is 0 Å². The predicted molar refractivity (Wildman–Crippen MR) is 109 cm³/mol. The summed E-state index contributed by atoms with van der Waals surface area (Å²) in [5.74, 6) is 1.19. The van der Waals surface area contributed by atoms with Crippen LogP contribution in [0.3, 0.4) is 0 Å². The average Bonchev–Trinajstić information content (AvgIpc) is 3.16. The zero-order valence-corrected chi connectivity index (χ0v) is 17.0. The summed E-state index contributed by atoms with van der Waals surface area (Å²) in [6.07, 6.45) is 2.57. The zero-order valence-electron chi connectivity index (χ0n) is 15.5. The Morgan fingerprint density at radius 2 is 2.00 bits per heavy atom. The van der Waals surface area contributed by atoms with E-state index in [0.717, 1.165) is 37.1 Å². The largest absolute Gasteiger partial charge is 0.490 e. The van der Waals surface area contributed by atoms with Crippen LogP contribution in [0.15, 0.2) is 36.4 Å². The Bertz CT molecular complexity index is 748. The molecule has 1 aliphatic heterocycles. The van der Waals surface area contributed by atoms with Gasteiger partial charge in [-0.2, -0.15) is 0 Å². The van der Waals surface area contributed by atoms with Crippen molar-refractivity contribution < 1.29 is 14.2 Å². The standard InChI is InChI=1S/C21H25Cl2NO3/c1-2-25-20-11-15(12-24-13-17-7-5-9-26-17)10-19(23)21(20)27-14-16-6-3-4-8-18(16)22/h3-4,6,8,10-11,17,24H,2,5,7,9,12-14H2,1H3. The van der Waals surface area contributed by atoms with Crippen molar-refractivity contribution in [1.29, 1.82) is 0 Å². The first-order valence-electron chi connectivity index (χ1n) is 9.31. The molecule has 2 aromatic carbocycles. The summed E-state index contributed by atoms with van der Waals surface area (Å²) in [5, 5.41) is 4.63. The fourth-order valence-electron chi connectivity index (χ4n) is 3.07. The summed E-state index contributed by atoms with van der Waals surface area (Å²) in [4.78, 5) is 0. The Labute approximate surface area is 170 Å². The second-order valence-electron chi connectivity index (χ2n) is 6.48. The maximum absolute atomic E-state index is 6.49. The molecule has 2 aromatic rings. The van der Waals surface area contributed by atoms with Crippen LogP contribution in [0.1, 0.15) is 30.9 Å². The molecule has 0 bridgehead atoms. The van der Waals surface area contributed by atoms with Gasteiger partial charge in [-0.3, -0.25) is 0 Å². The molecule has 4 nitrogen and oxygen atoms in total. The Hall–Kier alpha value is -1.46. The monoisotopic (exact) mass is 409 g/mol. The van der Waals surface area contributed by atoms with Crippen molar-refractivity contribution in [3.05, 3.63) is 57.6 Å². The second kappa shape index (κ2) is 10.2. The quantitative estimate of drug-likeness (QED) is 0.614. The van der Waals surface area contributed by atoms with Crippen molar-refractivity contribution in [3.63, 3.8) is 0 Å². The van der Waals surface area contributed by atoms with Gasteiger partial charge in [-0.15, -0.1) is 0 Å². The van der Waals surface area contributed by atoms with Crippen LogP contribution in [0.25, 0.3) is 0 Å². The number of halogens is 2. The van der Waals surface area contributed by atoms with Crippen LogP contribution >= 0.6 is 23.2 Å². The van der Waals surface area contributed by atoms with E-state index < -0.39 is 0 Å². The van der Waals surface area contributed by atoms with Gasteiger partial charge in [0.2, 0.25) is 0 Å². The molecule has 1 heterocycles. The predicted octanol–water partition coefficient (Wildman–Crippen LogP) is 5.24. The van der Waals surface area contributed by atoms with Gasteiger partial charge < -0.3 is 19.5 Å². The molecule has 1 aliphatic rings. The van der Waals surface area contributed by atoms with E-state index in [4.69, 9.17) is 37.4 Å². The van der Waals surface area contributed by atoms with E-state index in [1.807, 2.05) is 43.3 Å². The molecular formula is C21H25Cl2NO3. The van der Waals surface area contributed by atoms with Gasteiger partial charge in [0.15, 0.2) is 11.5 Å². The average molecular weight is 410 g/mol. The van der Waals surface area contributed by atoms with Crippen molar-refractivity contribution in [2.24, 2.45) is 0 Å². The lowest BCUT2D eigenvalue weighted by Crippen LogP contribution is -2.25. The van der Waals surface area contributed by atoms with Gasteiger partial charge >= 0.3 is 0 Å². The second-order valence-corrected chi connectivity index (χ2v) is 7.30. The van der Waals surface area contributed by atoms with Gasteiger partial charge in [-0.1, -0.05) is 41.4 Å². The molecule has 0 aromatic heterocycles. The number of ether oxygens (including phenoxy) is 3. The molecular weight excluding hydrogens is 385 g/mol. The van der Waals surface area contributed by atoms with E-state index in [1.165, 1.54) is 0 Å². The van der Waals surface area contributed by atoms with E-state index in [9.17, 15) is 0 Å². The smallest absolute Gasteiger partial charge is 0.180 e. The van der Waals surface area contributed by atoms with Crippen LogP contribution in [-0.4, -0.2) is 25.9 Å². The molecule has 146 valence electrons. The van der Waals surface area contributed by atoms with Crippen molar-refractivity contribution in [2.75, 3.05) is 19.8 Å². The van der Waals surface area contributed by atoms with Crippen LogP contribution in [0.5, 0.6) is 11.5 Å². The molecule has 0 aliphatic carbocycles. The summed E-state index contributed by atoms with van der Waals surface area (Å²) in [7, 11) is 0. The lowest BCUT2D eigenvalue weighted by atomic mass is 10.2. The van der Waals surface area contributed by atoms with Crippen LogP contribution in [0.2, 0.25) is 10.0 Å². The van der Waals surface area contributed by atoms with Crippen LogP contribution < -0.4 is 14.8 Å². The third-order valence-electron chi connectivity index (χ3n) is 4.42. The number of nitrogens with one attached hydrogen (secondary N) is 1. The van der Waals surface area contributed by atoms with Crippen molar-refractivity contribution in [1.82, 2.24) is 5.32 Å². The van der Waals surface area contributed by atoms with Crippen LogP contribution in [0, 0.1) is 0 Å². The fraction of sp³-hybridized carbons (Fsp3) is 0.429. The first-order chi connectivity index (χ1) is 13.2. The third kappa shape index (κ3) is 5.76. The fourth-order valence-corrected chi connectivity index (χ4v) is 3.55. The van der Waals surface area contributed by atoms with E-state index in [-0.39, 0.29) is 0 Å². The Morgan fingerprint density at radius 1 is 1.15 bits per heavy atom. The molecule has 1 fully saturated rings. The molecule has 0 radical (unpaired) electrons. The summed E-state index contributed by atoms with van der Waals surface area (Å²) in [5.41, 5.74) is 1.95. The minimum Gasteiger partial charge on any atom is -0.490 e. The number of hydrogen-bond acceptors (Lipinski definition) is 4. The Balaban J connectivity index is 1.66. The molecule has 0 amide bonds. The van der Waals surface area contributed by atoms with E-state index >= 15 is 0 Å². The molecule has 1 saturated heterocycles. The minimum atomic E-state index is 0.310. The van der Waals surface area contributed by atoms with Crippen molar-refractivity contribution in [2.45, 2.75) is 39.0 Å². The molecule has 6 heteroatoms. The molecule has 1 N–H and O–H groups in total. The topological polar surface area (TPSA) is 39.7 Å². The summed E-state index contributed by atoms with van der Waals surface area (Å²) in [6.45, 7) is 5.21. The maximum Gasteiger partial charge on any atom is 0.180 e. The first-order valence-corrected chi connectivity index (χ1v) is 10.1. The third-order valence-corrected chi connectivity index (χ3v) is 5.07. The van der Waals surface area contributed by atoms with Gasteiger partial charge in [0.1, 0.15) is 6.61 Å². The van der Waals surface area contributed by atoms with Gasteiger partial charge in [0, 0.05) is 30.3 Å². The maximum atomic E-state index is 6.49. The molecule has 0 saturated carbocycles. The van der Waals surface area contributed by atoms with Crippen molar-refractivity contribution >= 4 is 23.2 Å². The lowest BCUT2D eigenvalue weighted by molar-refractivity contribution is 0.110. The van der Waals surface area contributed by atoms with E-state index in [2.05, 4.69) is 5.32 Å². The summed E-state index contributed by atoms with van der Waals surface area (Å²) >= 11 is 12.7. The first kappa shape index (κ1) is 20.3.